The quantitative estimate of drug-likeness (QED) is 0.727. The minimum Gasteiger partial charge on any atom is -0.441 e. The molecule has 1 aliphatic heterocycles. The van der Waals surface area contributed by atoms with Gasteiger partial charge in [-0.15, -0.1) is 0 Å². The highest BCUT2D eigenvalue weighted by Crippen LogP contribution is 2.25. The van der Waals surface area contributed by atoms with Gasteiger partial charge in [0.25, 0.3) is 0 Å². The number of aromatic nitrogens is 2. The molecule has 5 nitrogen and oxygen atoms in total. The van der Waals surface area contributed by atoms with Gasteiger partial charge in [0.05, 0.1) is 5.56 Å². The molecule has 126 valence electrons. The van der Waals surface area contributed by atoms with E-state index in [9.17, 15) is 0 Å². The fourth-order valence-electron chi connectivity index (χ4n) is 3.48. The van der Waals surface area contributed by atoms with Crippen LogP contribution in [-0.4, -0.2) is 34.0 Å². The fourth-order valence-corrected chi connectivity index (χ4v) is 3.48. The van der Waals surface area contributed by atoms with E-state index in [1.165, 1.54) is 19.4 Å². The van der Waals surface area contributed by atoms with E-state index >= 15 is 0 Å². The molecular formula is C20H20N4O. The molecule has 3 aromatic rings. The molecule has 1 aliphatic rings. The van der Waals surface area contributed by atoms with E-state index in [0.717, 1.165) is 41.1 Å². The topological polar surface area (TPSA) is 66.0 Å². The first-order valence-corrected chi connectivity index (χ1v) is 8.72. The van der Waals surface area contributed by atoms with Gasteiger partial charge in [0.2, 0.25) is 0 Å². The Hall–Kier alpha value is -2.71. The van der Waals surface area contributed by atoms with E-state index in [2.05, 4.69) is 27.9 Å². The Morgan fingerprint density at radius 3 is 3.00 bits per heavy atom. The highest BCUT2D eigenvalue weighted by Gasteiger charge is 2.20. The van der Waals surface area contributed by atoms with Crippen LogP contribution in [0.15, 0.2) is 41.1 Å². The molecule has 0 aliphatic carbocycles. The summed E-state index contributed by atoms with van der Waals surface area (Å²) in [6, 6.07) is 10.6. The minimum atomic E-state index is 0.554. The molecule has 1 unspecified atom stereocenters. The van der Waals surface area contributed by atoms with Crippen molar-refractivity contribution in [3.8, 4) is 17.2 Å². The van der Waals surface area contributed by atoms with Crippen LogP contribution in [-0.2, 0) is 6.42 Å². The molecule has 1 aromatic carbocycles. The van der Waals surface area contributed by atoms with Crippen LogP contribution in [0.3, 0.4) is 0 Å². The lowest BCUT2D eigenvalue weighted by molar-refractivity contribution is 0.265. The summed E-state index contributed by atoms with van der Waals surface area (Å²) in [6.45, 7) is 4.46. The van der Waals surface area contributed by atoms with Crippen molar-refractivity contribution in [3.63, 3.8) is 0 Å². The molecule has 3 heterocycles. The van der Waals surface area contributed by atoms with Gasteiger partial charge < -0.3 is 9.32 Å². The molecule has 2 aromatic heterocycles. The lowest BCUT2D eigenvalue weighted by Crippen LogP contribution is -2.29. The van der Waals surface area contributed by atoms with Crippen LogP contribution in [0.5, 0.6) is 0 Å². The van der Waals surface area contributed by atoms with Crippen molar-refractivity contribution >= 4 is 11.1 Å². The normalized spacial score (nSPS) is 17.8. The molecular weight excluding hydrogens is 312 g/mol. The summed E-state index contributed by atoms with van der Waals surface area (Å²) in [7, 11) is 0. The number of pyridine rings is 1. The summed E-state index contributed by atoms with van der Waals surface area (Å²) < 4.78 is 5.89. The van der Waals surface area contributed by atoms with E-state index in [1.54, 1.807) is 12.4 Å². The zero-order chi connectivity index (χ0) is 17.2. The van der Waals surface area contributed by atoms with Gasteiger partial charge >= 0.3 is 0 Å². The summed E-state index contributed by atoms with van der Waals surface area (Å²) in [6.07, 6.45) is 6.73. The summed E-state index contributed by atoms with van der Waals surface area (Å²) in [5, 5.41) is 9.03. The van der Waals surface area contributed by atoms with Gasteiger partial charge in [-0.05, 0) is 50.1 Å². The maximum atomic E-state index is 9.03. The van der Waals surface area contributed by atoms with E-state index in [1.807, 2.05) is 24.3 Å². The minimum absolute atomic E-state index is 0.554. The Morgan fingerprint density at radius 2 is 2.20 bits per heavy atom. The van der Waals surface area contributed by atoms with E-state index in [4.69, 9.17) is 9.68 Å². The number of hydrogen-bond acceptors (Lipinski definition) is 5. The summed E-state index contributed by atoms with van der Waals surface area (Å²) >= 11 is 0. The molecule has 1 saturated heterocycles. The van der Waals surface area contributed by atoms with Crippen molar-refractivity contribution < 1.29 is 4.42 Å². The van der Waals surface area contributed by atoms with Crippen LogP contribution in [0.4, 0.5) is 0 Å². The number of oxazole rings is 1. The van der Waals surface area contributed by atoms with E-state index < -0.39 is 0 Å². The molecule has 0 N–H and O–H groups in total. The van der Waals surface area contributed by atoms with Gasteiger partial charge in [-0.2, -0.15) is 5.26 Å². The molecule has 0 bridgehead atoms. The molecule has 0 spiro atoms. The smallest absolute Gasteiger partial charge is 0.196 e. The Bertz CT molecular complexity index is 940. The van der Waals surface area contributed by atoms with Crippen LogP contribution in [0.25, 0.3) is 22.2 Å². The third-order valence-electron chi connectivity index (χ3n) is 4.94. The first-order chi connectivity index (χ1) is 12.2. The lowest BCUT2D eigenvalue weighted by Gasteiger charge is -2.19. The van der Waals surface area contributed by atoms with Crippen LogP contribution in [0.1, 0.15) is 31.2 Å². The lowest BCUT2D eigenvalue weighted by atomic mass is 10.1. The standard InChI is InChI=1S/C20H20N4O/c1-14-3-2-7-24(14)8-6-20-23-18-10-16(4-5-19(18)25-20)17-9-15(11-21)12-22-13-17/h4-5,9-10,12-14H,2-3,6-8H2,1H3. The number of hydrogen-bond donors (Lipinski definition) is 0. The van der Waals surface area contributed by atoms with Gasteiger partial charge in [-0.3, -0.25) is 4.98 Å². The van der Waals surface area contributed by atoms with Crippen molar-refractivity contribution in [1.82, 2.24) is 14.9 Å². The fraction of sp³-hybridized carbons (Fsp3) is 0.350. The van der Waals surface area contributed by atoms with Crippen LogP contribution >= 0.6 is 0 Å². The molecule has 1 atom stereocenters. The van der Waals surface area contributed by atoms with Crippen molar-refractivity contribution in [2.45, 2.75) is 32.2 Å². The van der Waals surface area contributed by atoms with Gasteiger partial charge in [-0.1, -0.05) is 6.07 Å². The average Bonchev–Trinajstić information content (AvgIpc) is 3.24. The van der Waals surface area contributed by atoms with Crippen LogP contribution in [0, 0.1) is 11.3 Å². The van der Waals surface area contributed by atoms with Gasteiger partial charge in [-0.25, -0.2) is 4.98 Å². The molecule has 1 fully saturated rings. The number of benzene rings is 1. The van der Waals surface area contributed by atoms with Crippen molar-refractivity contribution in [2.75, 3.05) is 13.1 Å². The molecule has 4 rings (SSSR count). The summed E-state index contributed by atoms with van der Waals surface area (Å²) in [5.41, 5.74) is 4.11. The van der Waals surface area contributed by atoms with Crippen molar-refractivity contribution in [1.29, 1.82) is 5.26 Å². The number of nitrogens with zero attached hydrogens (tertiary/aromatic N) is 4. The van der Waals surface area contributed by atoms with Gasteiger partial charge in [0.15, 0.2) is 11.5 Å². The monoisotopic (exact) mass is 332 g/mol. The van der Waals surface area contributed by atoms with Crippen LogP contribution < -0.4 is 0 Å². The first kappa shape index (κ1) is 15.8. The first-order valence-electron chi connectivity index (χ1n) is 8.72. The predicted molar refractivity (Wildman–Crippen MR) is 95.9 cm³/mol. The Labute approximate surface area is 146 Å². The summed E-state index contributed by atoms with van der Waals surface area (Å²) in [4.78, 5) is 11.3. The van der Waals surface area contributed by atoms with Crippen molar-refractivity contribution in [3.05, 3.63) is 48.1 Å². The second-order valence-corrected chi connectivity index (χ2v) is 6.64. The number of fused-ring (bicyclic) bond motifs is 1. The van der Waals surface area contributed by atoms with Crippen molar-refractivity contribution in [2.24, 2.45) is 0 Å². The highest BCUT2D eigenvalue weighted by molar-refractivity contribution is 5.80. The Morgan fingerprint density at radius 1 is 1.28 bits per heavy atom. The predicted octanol–water partition coefficient (Wildman–Crippen LogP) is 3.79. The molecule has 25 heavy (non-hydrogen) atoms. The second kappa shape index (κ2) is 6.66. The van der Waals surface area contributed by atoms with E-state index in [-0.39, 0.29) is 0 Å². The maximum Gasteiger partial charge on any atom is 0.196 e. The SMILES string of the molecule is CC1CCCN1CCc1nc2cc(-c3cncc(C#N)c3)ccc2o1. The Kier molecular flexibility index (Phi) is 4.21. The van der Waals surface area contributed by atoms with Gasteiger partial charge in [0.1, 0.15) is 11.6 Å². The largest absolute Gasteiger partial charge is 0.441 e. The number of nitriles is 1. The van der Waals surface area contributed by atoms with Crippen LogP contribution in [0.2, 0.25) is 0 Å². The molecule has 0 saturated carbocycles. The zero-order valence-corrected chi connectivity index (χ0v) is 14.3. The third kappa shape index (κ3) is 3.26. The molecule has 5 heteroatoms. The number of likely N-dealkylation sites (tertiary alicyclic amines) is 1. The maximum absolute atomic E-state index is 9.03. The summed E-state index contributed by atoms with van der Waals surface area (Å²) in [5.74, 6) is 0.787. The van der Waals surface area contributed by atoms with E-state index in [0.29, 0.717) is 11.6 Å². The van der Waals surface area contributed by atoms with Gasteiger partial charge in [0, 0.05) is 37.0 Å². The third-order valence-corrected chi connectivity index (χ3v) is 4.94. The zero-order valence-electron chi connectivity index (χ0n) is 14.3. The highest BCUT2D eigenvalue weighted by atomic mass is 16.3. The number of rotatable bonds is 4. The average molecular weight is 332 g/mol. The second-order valence-electron chi connectivity index (χ2n) is 6.64. The molecule has 0 amide bonds. The molecule has 0 radical (unpaired) electrons. The Balaban J connectivity index is 1.55.